The van der Waals surface area contributed by atoms with Gasteiger partial charge >= 0.3 is 0 Å². The molecule has 0 amide bonds. The zero-order valence-corrected chi connectivity index (χ0v) is 14.9. The van der Waals surface area contributed by atoms with E-state index in [0.717, 1.165) is 22.4 Å². The lowest BCUT2D eigenvalue weighted by atomic mass is 10.0. The molecule has 0 aliphatic rings. The van der Waals surface area contributed by atoms with Crippen LogP contribution in [0.2, 0.25) is 10.0 Å². The summed E-state index contributed by atoms with van der Waals surface area (Å²) in [5, 5.41) is 11.5. The van der Waals surface area contributed by atoms with Crippen molar-refractivity contribution in [1.29, 1.82) is 0 Å². The number of benzene rings is 2. The average Bonchev–Trinajstić information content (AvgIpc) is 2.46. The number of rotatable bonds is 2. The number of hydrogen-bond donors (Lipinski definition) is 1. The molecule has 0 radical (unpaired) electrons. The summed E-state index contributed by atoms with van der Waals surface area (Å²) in [6, 6.07) is 5.55. The Balaban J connectivity index is 2.48. The van der Waals surface area contributed by atoms with Crippen molar-refractivity contribution >= 4 is 51.0 Å². The van der Waals surface area contributed by atoms with Crippen molar-refractivity contribution in [3.8, 4) is 5.75 Å². The van der Waals surface area contributed by atoms with Crippen molar-refractivity contribution in [2.45, 2.75) is 20.8 Å². The van der Waals surface area contributed by atoms with Crippen LogP contribution in [0, 0.1) is 20.8 Å². The molecule has 21 heavy (non-hydrogen) atoms. The highest BCUT2D eigenvalue weighted by Crippen LogP contribution is 2.38. The molecule has 5 heteroatoms. The Labute approximate surface area is 142 Å². The summed E-state index contributed by atoms with van der Waals surface area (Å²) < 4.78 is 0.585. The van der Waals surface area contributed by atoms with Crippen LogP contribution >= 0.6 is 39.1 Å². The van der Waals surface area contributed by atoms with Gasteiger partial charge in [-0.2, -0.15) is 0 Å². The lowest BCUT2D eigenvalue weighted by Crippen LogP contribution is -1.94. The van der Waals surface area contributed by atoms with Gasteiger partial charge in [-0.1, -0.05) is 29.3 Å². The second-order valence-corrected chi connectivity index (χ2v) is 6.41. The molecule has 0 saturated carbocycles. The summed E-state index contributed by atoms with van der Waals surface area (Å²) in [7, 11) is 0. The predicted octanol–water partition coefficient (Wildman–Crippen LogP) is 6.14. The van der Waals surface area contributed by atoms with E-state index in [0.29, 0.717) is 20.1 Å². The smallest absolute Gasteiger partial charge is 0.139 e. The molecule has 0 aliphatic carbocycles. The Morgan fingerprint density at radius 3 is 2.43 bits per heavy atom. The zero-order valence-electron chi connectivity index (χ0n) is 11.8. The Morgan fingerprint density at radius 2 is 1.81 bits per heavy atom. The van der Waals surface area contributed by atoms with E-state index in [2.05, 4.69) is 20.9 Å². The fraction of sp³-hybridized carbons (Fsp3) is 0.188. The number of phenolic OH excluding ortho intramolecular Hbond substituents is 1. The number of halogens is 3. The molecule has 0 fully saturated rings. The maximum atomic E-state index is 10.2. The Morgan fingerprint density at radius 1 is 1.14 bits per heavy atom. The van der Waals surface area contributed by atoms with Gasteiger partial charge in [-0.25, -0.2) is 0 Å². The van der Waals surface area contributed by atoms with Crippen molar-refractivity contribution in [3.63, 3.8) is 0 Å². The van der Waals surface area contributed by atoms with E-state index in [9.17, 15) is 5.11 Å². The molecule has 2 rings (SSSR count). The molecule has 2 aromatic carbocycles. The minimum Gasteiger partial charge on any atom is -0.506 e. The van der Waals surface area contributed by atoms with E-state index >= 15 is 0 Å². The molecule has 0 atom stereocenters. The number of phenols is 1. The summed E-state index contributed by atoms with van der Waals surface area (Å²) in [6.45, 7) is 5.63. The average molecular weight is 387 g/mol. The molecule has 2 nitrogen and oxygen atoms in total. The third-order valence-corrected chi connectivity index (χ3v) is 5.30. The first kappa shape index (κ1) is 16.3. The number of aromatic hydroxyl groups is 1. The minimum atomic E-state index is 0.136. The largest absolute Gasteiger partial charge is 0.506 e. The van der Waals surface area contributed by atoms with Crippen molar-refractivity contribution in [3.05, 3.63) is 55.0 Å². The van der Waals surface area contributed by atoms with Crippen LogP contribution in [-0.2, 0) is 0 Å². The summed E-state index contributed by atoms with van der Waals surface area (Å²) in [4.78, 5) is 4.36. The normalized spacial score (nSPS) is 11.3. The lowest BCUT2D eigenvalue weighted by Gasteiger charge is -2.12. The fourth-order valence-electron chi connectivity index (χ4n) is 1.93. The van der Waals surface area contributed by atoms with E-state index < -0.39 is 0 Å². The van der Waals surface area contributed by atoms with Gasteiger partial charge in [-0.05, 0) is 65.5 Å². The van der Waals surface area contributed by atoms with Gasteiger partial charge in [0.1, 0.15) is 5.75 Å². The van der Waals surface area contributed by atoms with Crippen LogP contribution in [0.4, 0.5) is 5.69 Å². The van der Waals surface area contributed by atoms with Crippen LogP contribution in [-0.4, -0.2) is 11.3 Å². The SMILES string of the molecule is Cc1ccc(N=Cc2c(C)c(Cl)c(C)c(Br)c2O)cc1Cl. The number of aliphatic imine (C=N–C) groups is 1. The summed E-state index contributed by atoms with van der Waals surface area (Å²) in [6.07, 6.45) is 1.60. The monoisotopic (exact) mass is 385 g/mol. The maximum absolute atomic E-state index is 10.2. The first-order valence-corrected chi connectivity index (χ1v) is 7.85. The van der Waals surface area contributed by atoms with Crippen LogP contribution in [0.1, 0.15) is 22.3 Å². The molecule has 2 aromatic rings. The molecular formula is C16H14BrCl2NO. The van der Waals surface area contributed by atoms with E-state index in [4.69, 9.17) is 23.2 Å². The molecule has 0 bridgehead atoms. The van der Waals surface area contributed by atoms with Gasteiger partial charge < -0.3 is 5.11 Å². The van der Waals surface area contributed by atoms with Crippen molar-refractivity contribution < 1.29 is 5.11 Å². The molecule has 0 aliphatic heterocycles. The Bertz CT molecular complexity index is 713. The number of hydrogen-bond acceptors (Lipinski definition) is 2. The molecule has 0 spiro atoms. The third-order valence-electron chi connectivity index (χ3n) is 3.35. The van der Waals surface area contributed by atoms with Gasteiger partial charge in [0, 0.05) is 21.8 Å². The van der Waals surface area contributed by atoms with Crippen LogP contribution in [0.3, 0.4) is 0 Å². The van der Waals surface area contributed by atoms with Crippen molar-refractivity contribution in [1.82, 2.24) is 0 Å². The van der Waals surface area contributed by atoms with Crippen LogP contribution < -0.4 is 0 Å². The Hall–Kier alpha value is -1.03. The van der Waals surface area contributed by atoms with Crippen LogP contribution in [0.15, 0.2) is 27.7 Å². The highest BCUT2D eigenvalue weighted by molar-refractivity contribution is 9.10. The number of nitrogens with zero attached hydrogens (tertiary/aromatic N) is 1. The minimum absolute atomic E-state index is 0.136. The Kier molecular flexibility index (Phi) is 4.97. The van der Waals surface area contributed by atoms with E-state index in [1.165, 1.54) is 0 Å². The molecule has 0 unspecified atom stereocenters. The van der Waals surface area contributed by atoms with Gasteiger partial charge in [-0.15, -0.1) is 0 Å². The molecule has 110 valence electrons. The predicted molar refractivity (Wildman–Crippen MR) is 93.7 cm³/mol. The standard InChI is InChI=1S/C16H14BrCl2NO/c1-8-4-5-11(6-13(8)18)20-7-12-9(2)15(19)10(3)14(17)16(12)21/h4-7,21H,1-3H3. The van der Waals surface area contributed by atoms with Crippen molar-refractivity contribution in [2.75, 3.05) is 0 Å². The van der Waals surface area contributed by atoms with E-state index in [1.807, 2.05) is 32.9 Å². The first-order chi connectivity index (χ1) is 9.82. The van der Waals surface area contributed by atoms with Gasteiger partial charge in [0.2, 0.25) is 0 Å². The maximum Gasteiger partial charge on any atom is 0.139 e. The van der Waals surface area contributed by atoms with Crippen LogP contribution in [0.25, 0.3) is 0 Å². The second kappa shape index (κ2) is 6.39. The zero-order chi connectivity index (χ0) is 15.7. The molecule has 0 heterocycles. The van der Waals surface area contributed by atoms with Crippen molar-refractivity contribution in [2.24, 2.45) is 4.99 Å². The number of aryl methyl sites for hydroxylation is 1. The molecule has 1 N–H and O–H groups in total. The summed E-state index contributed by atoms with van der Waals surface area (Å²) in [5.41, 5.74) is 3.90. The highest BCUT2D eigenvalue weighted by atomic mass is 79.9. The fourth-order valence-corrected chi connectivity index (χ4v) is 2.83. The summed E-state index contributed by atoms with van der Waals surface area (Å²) >= 11 is 15.7. The van der Waals surface area contributed by atoms with Gasteiger partial charge in [0.25, 0.3) is 0 Å². The summed E-state index contributed by atoms with van der Waals surface area (Å²) in [5.74, 6) is 0.136. The quantitative estimate of drug-likeness (QED) is 0.618. The van der Waals surface area contributed by atoms with Gasteiger partial charge in [-0.3, -0.25) is 4.99 Å². The van der Waals surface area contributed by atoms with Gasteiger partial charge in [0.15, 0.2) is 0 Å². The first-order valence-electron chi connectivity index (χ1n) is 6.30. The lowest BCUT2D eigenvalue weighted by molar-refractivity contribution is 0.470. The van der Waals surface area contributed by atoms with E-state index in [1.54, 1.807) is 12.3 Å². The third kappa shape index (κ3) is 3.25. The molecule has 0 aromatic heterocycles. The van der Waals surface area contributed by atoms with E-state index in [-0.39, 0.29) is 5.75 Å². The van der Waals surface area contributed by atoms with Crippen LogP contribution in [0.5, 0.6) is 5.75 Å². The van der Waals surface area contributed by atoms with Gasteiger partial charge in [0.05, 0.1) is 10.2 Å². The molecule has 0 saturated heterocycles. The molecular weight excluding hydrogens is 373 g/mol. The topological polar surface area (TPSA) is 32.6 Å². The highest BCUT2D eigenvalue weighted by Gasteiger charge is 2.15. The second-order valence-electron chi connectivity index (χ2n) is 4.83.